The molecule has 2 heterocycles. The highest BCUT2D eigenvalue weighted by atomic mass is 19.4. The zero-order valence-corrected chi connectivity index (χ0v) is 18.5. The minimum absolute atomic E-state index is 0.0643. The molecule has 11 heteroatoms. The third kappa shape index (κ3) is 4.90. The van der Waals surface area contributed by atoms with Crippen LogP contribution >= 0.6 is 0 Å². The van der Waals surface area contributed by atoms with Gasteiger partial charge in [-0.25, -0.2) is 4.39 Å². The Labute approximate surface area is 205 Å². The molecule has 0 aliphatic rings. The number of rotatable bonds is 5. The Morgan fingerprint density at radius 3 is 2.49 bits per heavy atom. The largest absolute Gasteiger partial charge is 0.484 e. The normalized spacial score (nSPS) is 11.4. The maximum Gasteiger partial charge on any atom is 0.416 e. The molecule has 0 bridgehead atoms. The number of halogens is 4. The summed E-state index contributed by atoms with van der Waals surface area (Å²) in [6.45, 7) is -0.243. The molecular weight excluding hydrogens is 494 g/mol. The van der Waals surface area contributed by atoms with E-state index in [4.69, 9.17) is 18.8 Å². The van der Waals surface area contributed by atoms with Crippen LogP contribution < -0.4 is 10.2 Å². The van der Waals surface area contributed by atoms with Gasteiger partial charge in [0.1, 0.15) is 23.4 Å². The zero-order chi connectivity index (χ0) is 26.2. The van der Waals surface area contributed by atoms with Gasteiger partial charge < -0.3 is 13.6 Å². The van der Waals surface area contributed by atoms with Crippen LogP contribution in [0.3, 0.4) is 0 Å². The van der Waals surface area contributed by atoms with Gasteiger partial charge in [-0.1, -0.05) is 12.1 Å². The molecule has 0 aliphatic heterocycles. The Kier molecular flexibility index (Phi) is 5.93. The van der Waals surface area contributed by atoms with E-state index in [1.165, 1.54) is 24.5 Å². The molecule has 7 nitrogen and oxygen atoms in total. The molecule has 0 atom stereocenters. The topological polar surface area (TPSA) is 102 Å². The maximum atomic E-state index is 13.7. The fourth-order valence-corrected chi connectivity index (χ4v) is 3.57. The number of hydrogen-bond acceptors (Lipinski definition) is 7. The van der Waals surface area contributed by atoms with E-state index in [0.717, 1.165) is 6.07 Å². The first-order chi connectivity index (χ1) is 17.7. The van der Waals surface area contributed by atoms with E-state index in [1.807, 2.05) is 6.07 Å². The number of benzene rings is 3. The monoisotopic (exact) mass is 507 g/mol. The summed E-state index contributed by atoms with van der Waals surface area (Å²) in [5.41, 5.74) is -0.0305. The molecule has 0 unspecified atom stereocenters. The molecule has 2 aromatic heterocycles. The van der Waals surface area contributed by atoms with E-state index in [1.54, 1.807) is 24.3 Å². The van der Waals surface area contributed by atoms with Crippen LogP contribution in [0.2, 0.25) is 0 Å². The first-order valence-corrected chi connectivity index (χ1v) is 10.6. The molecule has 5 rings (SSSR count). The number of hydrogen-bond donors (Lipinski definition) is 0. The van der Waals surface area contributed by atoms with Gasteiger partial charge in [0.25, 0.3) is 5.89 Å². The van der Waals surface area contributed by atoms with Crippen LogP contribution in [-0.2, 0) is 12.8 Å². The number of aromatic nitrogens is 2. The highest BCUT2D eigenvalue weighted by molar-refractivity contribution is 5.82. The van der Waals surface area contributed by atoms with Gasteiger partial charge in [-0.15, -0.1) is 10.2 Å². The first-order valence-electron chi connectivity index (χ1n) is 10.6. The number of nitrogens with zero attached hydrogens (tertiary/aromatic N) is 3. The predicted octanol–water partition coefficient (Wildman–Crippen LogP) is 6.12. The lowest BCUT2D eigenvalue weighted by atomic mass is 10.0. The van der Waals surface area contributed by atoms with Gasteiger partial charge in [0.15, 0.2) is 12.0 Å². The van der Waals surface area contributed by atoms with Crippen molar-refractivity contribution in [2.24, 2.45) is 0 Å². The quantitative estimate of drug-likeness (QED) is 0.264. The third-order valence-corrected chi connectivity index (χ3v) is 5.37. The molecule has 0 N–H and O–H groups in total. The van der Waals surface area contributed by atoms with Crippen LogP contribution in [0.5, 0.6) is 5.75 Å². The van der Waals surface area contributed by atoms with Gasteiger partial charge in [-0.2, -0.15) is 18.4 Å². The molecule has 37 heavy (non-hydrogen) atoms. The van der Waals surface area contributed by atoms with Crippen LogP contribution in [0, 0.1) is 17.1 Å². The highest BCUT2D eigenvalue weighted by Gasteiger charge is 2.32. The van der Waals surface area contributed by atoms with Crippen LogP contribution in [0.4, 0.5) is 17.6 Å². The molecule has 3 aromatic carbocycles. The fourth-order valence-electron chi connectivity index (χ4n) is 3.57. The van der Waals surface area contributed by atoms with Crippen molar-refractivity contribution >= 4 is 11.0 Å². The summed E-state index contributed by atoms with van der Waals surface area (Å²) in [5.74, 6) is -1.17. The van der Waals surface area contributed by atoms with E-state index in [9.17, 15) is 22.4 Å². The molecule has 0 saturated carbocycles. The second-order valence-corrected chi connectivity index (χ2v) is 7.84. The lowest BCUT2D eigenvalue weighted by Gasteiger charge is -2.07. The van der Waals surface area contributed by atoms with Crippen LogP contribution in [0.15, 0.2) is 80.6 Å². The van der Waals surface area contributed by atoms with E-state index in [-0.39, 0.29) is 35.0 Å². The van der Waals surface area contributed by atoms with Crippen molar-refractivity contribution in [2.45, 2.75) is 12.8 Å². The summed E-state index contributed by atoms with van der Waals surface area (Å²) in [5, 5.41) is 16.6. The molecule has 0 spiro atoms. The predicted molar refractivity (Wildman–Crippen MR) is 122 cm³/mol. The summed E-state index contributed by atoms with van der Waals surface area (Å²) >= 11 is 0. The second-order valence-electron chi connectivity index (χ2n) is 7.84. The Hall–Kier alpha value is -4.98. The fraction of sp³-hybridized carbons (Fsp3) is 0.0769. The van der Waals surface area contributed by atoms with E-state index in [0.29, 0.717) is 40.0 Å². The zero-order valence-electron chi connectivity index (χ0n) is 18.5. The highest BCUT2D eigenvalue weighted by Crippen LogP contribution is 2.33. The molecule has 0 amide bonds. The van der Waals surface area contributed by atoms with Crippen molar-refractivity contribution in [3.05, 3.63) is 100.0 Å². The van der Waals surface area contributed by atoms with Crippen LogP contribution in [0.1, 0.15) is 17.0 Å². The van der Waals surface area contributed by atoms with Crippen molar-refractivity contribution in [2.75, 3.05) is 0 Å². The smallest absolute Gasteiger partial charge is 0.416 e. The third-order valence-electron chi connectivity index (χ3n) is 5.37. The van der Waals surface area contributed by atoms with Crippen molar-refractivity contribution in [3.8, 4) is 34.4 Å². The summed E-state index contributed by atoms with van der Waals surface area (Å²) in [4.78, 5) is 12.9. The van der Waals surface area contributed by atoms with Gasteiger partial charge >= 0.3 is 6.18 Å². The maximum absolute atomic E-state index is 13.7. The van der Waals surface area contributed by atoms with Gasteiger partial charge in [0.2, 0.25) is 5.89 Å². The Bertz CT molecular complexity index is 1720. The summed E-state index contributed by atoms with van der Waals surface area (Å²) < 4.78 is 69.1. The molecule has 184 valence electrons. The van der Waals surface area contributed by atoms with Crippen molar-refractivity contribution in [1.82, 2.24) is 10.2 Å². The Balaban J connectivity index is 1.34. The second kappa shape index (κ2) is 9.23. The van der Waals surface area contributed by atoms with Crippen molar-refractivity contribution in [3.63, 3.8) is 0 Å². The lowest BCUT2D eigenvalue weighted by Crippen LogP contribution is -2.05. The van der Waals surface area contributed by atoms with E-state index in [2.05, 4.69) is 10.2 Å². The SMILES string of the molecule is N#Cc1ccc(-c2coc3cc(OCc4nnc(-c5cc(F)cc(C(F)(F)F)c5)o4)ccc3c2=O)cc1. The van der Waals surface area contributed by atoms with Gasteiger partial charge in [0.05, 0.1) is 28.1 Å². The Morgan fingerprint density at radius 2 is 1.76 bits per heavy atom. The number of nitriles is 1. The molecule has 5 aromatic rings. The van der Waals surface area contributed by atoms with Crippen molar-refractivity contribution < 1.29 is 31.1 Å². The van der Waals surface area contributed by atoms with Gasteiger partial charge in [-0.05, 0) is 48.0 Å². The van der Waals surface area contributed by atoms with Gasteiger partial charge in [-0.3, -0.25) is 4.79 Å². The molecule has 0 fully saturated rings. The molecular formula is C26H13F4N3O4. The molecule has 0 radical (unpaired) electrons. The van der Waals surface area contributed by atoms with E-state index < -0.39 is 17.6 Å². The summed E-state index contributed by atoms with van der Waals surface area (Å²) in [6, 6.07) is 15.0. The minimum Gasteiger partial charge on any atom is -0.484 e. The van der Waals surface area contributed by atoms with Gasteiger partial charge in [0, 0.05) is 11.6 Å². The molecule has 0 aliphatic carbocycles. The number of fused-ring (bicyclic) bond motifs is 1. The summed E-state index contributed by atoms with van der Waals surface area (Å²) in [6.07, 6.45) is -3.43. The minimum atomic E-state index is -4.74. The average molecular weight is 507 g/mol. The number of alkyl halides is 3. The standard InChI is InChI=1S/C26H13F4N3O4/c27-18-8-16(7-17(9-18)26(28,29)30)25-33-32-23(37-25)13-35-19-5-6-20-22(10-19)36-12-21(24(20)34)15-3-1-14(11-31)2-4-15/h1-10,12H,13H2. The van der Waals surface area contributed by atoms with Crippen molar-refractivity contribution in [1.29, 1.82) is 5.26 Å². The number of ether oxygens (including phenoxy) is 1. The van der Waals surface area contributed by atoms with Crippen LogP contribution in [-0.4, -0.2) is 10.2 Å². The molecule has 0 saturated heterocycles. The average Bonchev–Trinajstić information content (AvgIpc) is 3.36. The first kappa shape index (κ1) is 23.7. The Morgan fingerprint density at radius 1 is 0.973 bits per heavy atom. The van der Waals surface area contributed by atoms with E-state index >= 15 is 0 Å². The summed E-state index contributed by atoms with van der Waals surface area (Å²) in [7, 11) is 0. The van der Waals surface area contributed by atoms with Crippen LogP contribution in [0.25, 0.3) is 33.6 Å². The lowest BCUT2D eigenvalue weighted by molar-refractivity contribution is -0.137.